The van der Waals surface area contributed by atoms with Crippen molar-refractivity contribution in [3.05, 3.63) is 48.0 Å². The molecule has 1 aromatic carbocycles. The van der Waals surface area contributed by atoms with Gasteiger partial charge in [-0.25, -0.2) is 8.42 Å². The van der Waals surface area contributed by atoms with E-state index in [1.165, 1.54) is 4.31 Å². The van der Waals surface area contributed by atoms with Crippen LogP contribution in [-0.2, 0) is 27.1 Å². The van der Waals surface area contributed by atoms with Crippen molar-refractivity contribution in [1.82, 2.24) is 14.5 Å². The lowest BCUT2D eigenvalue weighted by atomic mass is 10.1. The number of benzene rings is 1. The van der Waals surface area contributed by atoms with Crippen molar-refractivity contribution in [1.29, 1.82) is 0 Å². The van der Waals surface area contributed by atoms with Crippen molar-refractivity contribution in [3.63, 3.8) is 0 Å². The molecule has 0 unspecified atom stereocenters. The molecule has 1 aromatic rings. The van der Waals surface area contributed by atoms with Gasteiger partial charge in [-0.3, -0.25) is 4.99 Å². The summed E-state index contributed by atoms with van der Waals surface area (Å²) in [5, 5.41) is 3.37. The molecular weight excluding hydrogens is 527 g/mol. The first-order valence-electron chi connectivity index (χ1n) is 10.6. The average molecular weight is 565 g/mol. The molecule has 1 saturated heterocycles. The highest BCUT2D eigenvalue weighted by Gasteiger charge is 2.25. The summed E-state index contributed by atoms with van der Waals surface area (Å²) in [7, 11) is 0.433. The summed E-state index contributed by atoms with van der Waals surface area (Å²) >= 11 is 0. The minimum Gasteiger partial charge on any atom is -0.379 e. The Morgan fingerprint density at radius 2 is 1.90 bits per heavy atom. The number of nitrogens with zero attached hydrogens (tertiary/aromatic N) is 3. The standard InChI is InChI=1S/C22H36N4O3S.HI/c1-4-5-6-7-10-13-25(3)22(23-2)24-18-20-11-8-9-12-21(20)19-30(27,28)26-14-16-29-17-15-26;/h4,8-9,11-12H,1,5-7,10,13-19H2,2-3H3,(H,23,24);1H. The molecule has 31 heavy (non-hydrogen) atoms. The fourth-order valence-electron chi connectivity index (χ4n) is 3.46. The van der Waals surface area contributed by atoms with Crippen LogP contribution in [0.15, 0.2) is 41.9 Å². The van der Waals surface area contributed by atoms with Crippen LogP contribution < -0.4 is 5.32 Å². The number of aliphatic imine (C=N–C) groups is 1. The second-order valence-corrected chi connectivity index (χ2v) is 9.47. The number of ether oxygens (including phenoxy) is 1. The van der Waals surface area contributed by atoms with Crippen LogP contribution in [0, 0.1) is 0 Å². The van der Waals surface area contributed by atoms with Crippen molar-refractivity contribution >= 4 is 40.0 Å². The molecule has 1 N–H and O–H groups in total. The van der Waals surface area contributed by atoms with Gasteiger partial charge < -0.3 is 15.0 Å². The predicted octanol–water partition coefficient (Wildman–Crippen LogP) is 3.22. The van der Waals surface area contributed by atoms with Crippen molar-refractivity contribution in [2.45, 2.75) is 38.0 Å². The molecule has 0 saturated carbocycles. The summed E-state index contributed by atoms with van der Waals surface area (Å²) in [6.07, 6.45) is 6.44. The second kappa shape index (κ2) is 14.8. The fraction of sp³-hybridized carbons (Fsp3) is 0.591. The lowest BCUT2D eigenvalue weighted by molar-refractivity contribution is 0.0729. The van der Waals surface area contributed by atoms with Crippen molar-refractivity contribution in [2.75, 3.05) is 46.9 Å². The van der Waals surface area contributed by atoms with Crippen molar-refractivity contribution in [2.24, 2.45) is 4.99 Å². The molecule has 176 valence electrons. The van der Waals surface area contributed by atoms with Gasteiger partial charge in [-0.2, -0.15) is 4.31 Å². The van der Waals surface area contributed by atoms with Gasteiger partial charge in [-0.15, -0.1) is 30.6 Å². The third-order valence-corrected chi connectivity index (χ3v) is 7.06. The molecule has 1 aliphatic rings. The number of rotatable bonds is 11. The third kappa shape index (κ3) is 9.46. The van der Waals surface area contributed by atoms with Crippen LogP contribution in [-0.4, -0.2) is 70.5 Å². The highest BCUT2D eigenvalue weighted by Crippen LogP contribution is 2.16. The summed E-state index contributed by atoms with van der Waals surface area (Å²) in [5.41, 5.74) is 1.79. The molecule has 0 bridgehead atoms. The van der Waals surface area contributed by atoms with E-state index in [9.17, 15) is 8.42 Å². The van der Waals surface area contributed by atoms with E-state index in [0.29, 0.717) is 32.8 Å². The van der Waals surface area contributed by atoms with E-state index in [2.05, 4.69) is 21.8 Å². The zero-order valence-corrected chi connectivity index (χ0v) is 21.9. The van der Waals surface area contributed by atoms with E-state index in [-0.39, 0.29) is 29.7 Å². The van der Waals surface area contributed by atoms with Crippen LogP contribution in [0.5, 0.6) is 0 Å². The van der Waals surface area contributed by atoms with Gasteiger partial charge in [0.15, 0.2) is 5.96 Å². The Hall–Kier alpha value is -1.17. The summed E-state index contributed by atoms with van der Waals surface area (Å²) in [6.45, 7) is 6.97. The highest BCUT2D eigenvalue weighted by molar-refractivity contribution is 14.0. The van der Waals surface area contributed by atoms with Crippen LogP contribution >= 0.6 is 24.0 Å². The van der Waals surface area contributed by atoms with Gasteiger partial charge in [-0.05, 0) is 30.4 Å². The molecule has 0 radical (unpaired) electrons. The third-order valence-electron chi connectivity index (χ3n) is 5.23. The first-order chi connectivity index (χ1) is 14.5. The summed E-state index contributed by atoms with van der Waals surface area (Å²) in [6, 6.07) is 7.69. The van der Waals surface area contributed by atoms with Crippen LogP contribution in [0.3, 0.4) is 0 Å². The SMILES string of the molecule is C=CCCCCCN(C)C(=NC)NCc1ccccc1CS(=O)(=O)N1CCOCC1.I. The maximum absolute atomic E-state index is 12.8. The normalized spacial score (nSPS) is 15.2. The number of unbranched alkanes of at least 4 members (excludes halogenated alkanes) is 3. The molecule has 7 nitrogen and oxygen atoms in total. The minimum atomic E-state index is -3.36. The Morgan fingerprint density at radius 1 is 1.23 bits per heavy atom. The number of hydrogen-bond acceptors (Lipinski definition) is 4. The van der Waals surface area contributed by atoms with Gasteiger partial charge in [0.1, 0.15) is 0 Å². The predicted molar refractivity (Wildman–Crippen MR) is 138 cm³/mol. The van der Waals surface area contributed by atoms with E-state index in [1.54, 1.807) is 7.05 Å². The first kappa shape index (κ1) is 27.9. The topological polar surface area (TPSA) is 74.2 Å². The van der Waals surface area contributed by atoms with Crippen molar-refractivity contribution in [3.8, 4) is 0 Å². The smallest absolute Gasteiger partial charge is 0.218 e. The number of guanidine groups is 1. The Balaban J connectivity index is 0.00000480. The van der Waals surface area contributed by atoms with Gasteiger partial charge in [-0.1, -0.05) is 36.8 Å². The largest absolute Gasteiger partial charge is 0.379 e. The highest BCUT2D eigenvalue weighted by atomic mass is 127. The van der Waals surface area contributed by atoms with Crippen LogP contribution in [0.1, 0.15) is 36.8 Å². The number of morpholine rings is 1. The molecule has 0 amide bonds. The summed E-state index contributed by atoms with van der Waals surface area (Å²) < 4.78 is 32.4. The Kier molecular flexibility index (Phi) is 13.3. The number of allylic oxidation sites excluding steroid dienone is 1. The average Bonchev–Trinajstić information content (AvgIpc) is 2.75. The van der Waals surface area contributed by atoms with Crippen molar-refractivity contribution < 1.29 is 13.2 Å². The van der Waals surface area contributed by atoms with Gasteiger partial charge in [0, 0.05) is 40.3 Å². The number of sulfonamides is 1. The van der Waals surface area contributed by atoms with E-state index < -0.39 is 10.0 Å². The quantitative estimate of drug-likeness (QED) is 0.147. The Labute approximate surface area is 205 Å². The molecular formula is C22H37IN4O3S. The number of nitrogens with one attached hydrogen (secondary N) is 1. The zero-order chi connectivity index (χ0) is 21.8. The monoisotopic (exact) mass is 564 g/mol. The maximum Gasteiger partial charge on any atom is 0.218 e. The molecule has 2 rings (SSSR count). The fourth-order valence-corrected chi connectivity index (χ4v) is 5.03. The second-order valence-electron chi connectivity index (χ2n) is 7.50. The molecule has 0 spiro atoms. The first-order valence-corrected chi connectivity index (χ1v) is 12.2. The lowest BCUT2D eigenvalue weighted by Gasteiger charge is -2.26. The van der Waals surface area contributed by atoms with Crippen LogP contribution in [0.25, 0.3) is 0 Å². The maximum atomic E-state index is 12.8. The van der Waals surface area contributed by atoms with Crippen LogP contribution in [0.4, 0.5) is 0 Å². The van der Waals surface area contributed by atoms with Gasteiger partial charge in [0.05, 0.1) is 19.0 Å². The molecule has 1 heterocycles. The molecule has 1 fully saturated rings. The van der Waals surface area contributed by atoms with E-state index >= 15 is 0 Å². The van der Waals surface area contributed by atoms with Gasteiger partial charge in [0.25, 0.3) is 0 Å². The Morgan fingerprint density at radius 3 is 2.55 bits per heavy atom. The van der Waals surface area contributed by atoms with E-state index in [4.69, 9.17) is 4.74 Å². The van der Waals surface area contributed by atoms with E-state index in [0.717, 1.165) is 49.3 Å². The van der Waals surface area contributed by atoms with E-state index in [1.807, 2.05) is 37.4 Å². The van der Waals surface area contributed by atoms with Gasteiger partial charge >= 0.3 is 0 Å². The molecule has 9 heteroatoms. The Bertz CT molecular complexity index is 796. The number of hydrogen-bond donors (Lipinski definition) is 1. The molecule has 0 aromatic heterocycles. The zero-order valence-electron chi connectivity index (χ0n) is 18.8. The van der Waals surface area contributed by atoms with Gasteiger partial charge in [0.2, 0.25) is 10.0 Å². The summed E-state index contributed by atoms with van der Waals surface area (Å²) in [4.78, 5) is 6.48. The van der Waals surface area contributed by atoms with Crippen LogP contribution in [0.2, 0.25) is 0 Å². The number of halogens is 1. The lowest BCUT2D eigenvalue weighted by Crippen LogP contribution is -2.41. The molecule has 0 atom stereocenters. The molecule has 1 aliphatic heterocycles. The summed E-state index contributed by atoms with van der Waals surface area (Å²) in [5.74, 6) is 0.812. The molecule has 0 aliphatic carbocycles. The minimum absolute atomic E-state index is 0.